The van der Waals surface area contributed by atoms with Gasteiger partial charge in [-0.1, -0.05) is 17.7 Å². The summed E-state index contributed by atoms with van der Waals surface area (Å²) in [6.45, 7) is 5.63. The summed E-state index contributed by atoms with van der Waals surface area (Å²) < 4.78 is 12.7. The summed E-state index contributed by atoms with van der Waals surface area (Å²) in [7, 11) is 1.54. The van der Waals surface area contributed by atoms with E-state index in [1.165, 1.54) is 7.11 Å². The predicted molar refractivity (Wildman–Crippen MR) is 126 cm³/mol. The molecule has 0 aliphatic carbocycles. The number of rotatable bonds is 8. The number of nitriles is 1. The van der Waals surface area contributed by atoms with Gasteiger partial charge in [-0.3, -0.25) is 4.79 Å². The molecule has 33 heavy (non-hydrogen) atoms. The van der Waals surface area contributed by atoms with Crippen molar-refractivity contribution in [1.82, 2.24) is 15.0 Å². The highest BCUT2D eigenvalue weighted by atomic mass is 35.5. The third-order valence-electron chi connectivity index (χ3n) is 4.88. The molecule has 1 amide bonds. The Balaban J connectivity index is 1.66. The van der Waals surface area contributed by atoms with Crippen molar-refractivity contribution in [2.45, 2.75) is 27.4 Å². The standard InChI is InChI=1S/C24H24ClN5O3/c1-15-8-19(13-32-4)22(11-26)24(28-15)33-14-23(31)29-27-12-18-9-16(2)30(17(18)3)21-7-5-6-20(25)10-21/h5-10,12H,13-14H2,1-4H3,(H,29,31)/b27-12-. The van der Waals surface area contributed by atoms with E-state index in [2.05, 4.69) is 26.1 Å². The van der Waals surface area contributed by atoms with Crippen LogP contribution in [0.1, 0.15) is 33.8 Å². The van der Waals surface area contributed by atoms with E-state index in [1.807, 2.05) is 44.2 Å². The van der Waals surface area contributed by atoms with Crippen molar-refractivity contribution in [2.75, 3.05) is 13.7 Å². The molecule has 0 saturated heterocycles. The number of halogens is 1. The van der Waals surface area contributed by atoms with E-state index in [9.17, 15) is 10.1 Å². The Labute approximate surface area is 197 Å². The smallest absolute Gasteiger partial charge is 0.278 e. The van der Waals surface area contributed by atoms with Crippen LogP contribution in [0, 0.1) is 32.1 Å². The van der Waals surface area contributed by atoms with Gasteiger partial charge in [0.1, 0.15) is 11.6 Å². The summed E-state index contributed by atoms with van der Waals surface area (Å²) in [4.78, 5) is 16.4. The van der Waals surface area contributed by atoms with E-state index >= 15 is 0 Å². The second-order valence-electron chi connectivity index (χ2n) is 7.37. The molecule has 2 aromatic heterocycles. The molecule has 0 fully saturated rings. The largest absolute Gasteiger partial charge is 0.467 e. The van der Waals surface area contributed by atoms with Crippen molar-refractivity contribution in [3.8, 4) is 17.6 Å². The van der Waals surface area contributed by atoms with Crippen LogP contribution in [-0.2, 0) is 16.1 Å². The van der Waals surface area contributed by atoms with Crippen molar-refractivity contribution in [3.05, 3.63) is 75.2 Å². The Hall–Kier alpha value is -3.67. The lowest BCUT2D eigenvalue weighted by molar-refractivity contribution is -0.123. The molecule has 1 aromatic carbocycles. The molecule has 3 rings (SSSR count). The molecule has 0 radical (unpaired) electrons. The Morgan fingerprint density at radius 2 is 2.09 bits per heavy atom. The normalized spacial score (nSPS) is 10.9. The van der Waals surface area contributed by atoms with E-state index in [4.69, 9.17) is 21.1 Å². The fourth-order valence-electron chi connectivity index (χ4n) is 3.47. The summed E-state index contributed by atoms with van der Waals surface area (Å²) in [5, 5.41) is 14.1. The summed E-state index contributed by atoms with van der Waals surface area (Å²) in [5.41, 5.74) is 7.75. The fraction of sp³-hybridized carbons (Fsp3) is 0.250. The summed E-state index contributed by atoms with van der Waals surface area (Å²) >= 11 is 6.12. The third kappa shape index (κ3) is 5.77. The highest BCUT2D eigenvalue weighted by molar-refractivity contribution is 6.30. The van der Waals surface area contributed by atoms with Crippen LogP contribution in [0.15, 0.2) is 41.5 Å². The quantitative estimate of drug-likeness (QED) is 0.400. The number of benzene rings is 1. The monoisotopic (exact) mass is 465 g/mol. The van der Waals surface area contributed by atoms with Crippen LogP contribution in [0.2, 0.25) is 5.02 Å². The summed E-state index contributed by atoms with van der Waals surface area (Å²) in [6.07, 6.45) is 1.57. The molecule has 3 aromatic rings. The molecule has 0 unspecified atom stereocenters. The average Bonchev–Trinajstić information content (AvgIpc) is 3.05. The van der Waals surface area contributed by atoms with E-state index in [-0.39, 0.29) is 24.7 Å². The molecule has 2 heterocycles. The maximum Gasteiger partial charge on any atom is 0.278 e. The molecule has 0 atom stereocenters. The van der Waals surface area contributed by atoms with Gasteiger partial charge in [-0.25, -0.2) is 10.4 Å². The fourth-order valence-corrected chi connectivity index (χ4v) is 3.66. The SMILES string of the molecule is COCc1cc(C)nc(OCC(=O)N/N=C\c2cc(C)n(-c3cccc(Cl)c3)c2C)c1C#N. The highest BCUT2D eigenvalue weighted by Gasteiger charge is 2.14. The van der Waals surface area contributed by atoms with Crippen LogP contribution in [0.5, 0.6) is 5.88 Å². The van der Waals surface area contributed by atoms with Gasteiger partial charge in [0.25, 0.3) is 5.91 Å². The van der Waals surface area contributed by atoms with Crippen molar-refractivity contribution in [2.24, 2.45) is 5.10 Å². The number of pyridine rings is 1. The number of carbonyl (C=O) groups excluding carboxylic acids is 1. The number of hydrogen-bond acceptors (Lipinski definition) is 6. The molecule has 0 spiro atoms. The number of nitrogens with one attached hydrogen (secondary N) is 1. The number of ether oxygens (including phenoxy) is 2. The molecular weight excluding hydrogens is 442 g/mol. The molecule has 0 saturated carbocycles. The zero-order chi connectivity index (χ0) is 24.0. The minimum absolute atomic E-state index is 0.0914. The van der Waals surface area contributed by atoms with Crippen molar-refractivity contribution < 1.29 is 14.3 Å². The minimum atomic E-state index is -0.476. The number of amides is 1. The maximum absolute atomic E-state index is 12.2. The van der Waals surface area contributed by atoms with Gasteiger partial charge in [0.05, 0.1) is 12.8 Å². The molecular formula is C24H24ClN5O3. The molecule has 0 bridgehead atoms. The number of methoxy groups -OCH3 is 1. The first kappa shape index (κ1) is 24.0. The first-order chi connectivity index (χ1) is 15.8. The van der Waals surface area contributed by atoms with E-state index < -0.39 is 5.91 Å². The number of nitrogens with zero attached hydrogens (tertiary/aromatic N) is 4. The van der Waals surface area contributed by atoms with Gasteiger partial charge in [-0.2, -0.15) is 10.4 Å². The maximum atomic E-state index is 12.2. The van der Waals surface area contributed by atoms with Gasteiger partial charge in [0.15, 0.2) is 6.61 Å². The number of aryl methyl sites for hydroxylation is 2. The van der Waals surface area contributed by atoms with Crippen molar-refractivity contribution >= 4 is 23.7 Å². The van der Waals surface area contributed by atoms with Crippen LogP contribution in [-0.4, -0.2) is 35.4 Å². The molecule has 0 aliphatic rings. The van der Waals surface area contributed by atoms with E-state index in [1.54, 1.807) is 19.2 Å². The number of hydrogen-bond donors (Lipinski definition) is 1. The number of aromatic nitrogens is 2. The van der Waals surface area contributed by atoms with Gasteiger partial charge in [-0.05, 0) is 51.1 Å². The molecule has 9 heteroatoms. The Kier molecular flexibility index (Phi) is 7.83. The molecule has 0 aliphatic heterocycles. The highest BCUT2D eigenvalue weighted by Crippen LogP contribution is 2.23. The van der Waals surface area contributed by atoms with Gasteiger partial charge in [0, 0.05) is 46.0 Å². The molecule has 1 N–H and O–H groups in total. The van der Waals surface area contributed by atoms with Crippen molar-refractivity contribution in [1.29, 1.82) is 5.26 Å². The second kappa shape index (κ2) is 10.8. The second-order valence-corrected chi connectivity index (χ2v) is 7.81. The Morgan fingerprint density at radius 1 is 1.30 bits per heavy atom. The van der Waals surface area contributed by atoms with Gasteiger partial charge in [0.2, 0.25) is 5.88 Å². The van der Waals surface area contributed by atoms with Crippen molar-refractivity contribution in [3.63, 3.8) is 0 Å². The Bertz CT molecular complexity index is 1240. The summed E-state index contributed by atoms with van der Waals surface area (Å²) in [6, 6.07) is 13.3. The average molecular weight is 466 g/mol. The van der Waals surface area contributed by atoms with Gasteiger partial charge < -0.3 is 14.0 Å². The predicted octanol–water partition coefficient (Wildman–Crippen LogP) is 4.00. The lowest BCUT2D eigenvalue weighted by Gasteiger charge is -2.10. The Morgan fingerprint density at radius 3 is 2.79 bits per heavy atom. The minimum Gasteiger partial charge on any atom is -0.467 e. The molecule has 8 nitrogen and oxygen atoms in total. The van der Waals surface area contributed by atoms with Crippen LogP contribution in [0.3, 0.4) is 0 Å². The third-order valence-corrected chi connectivity index (χ3v) is 5.11. The number of hydrazone groups is 1. The van der Waals surface area contributed by atoms with Crippen LogP contribution >= 0.6 is 11.6 Å². The molecule has 170 valence electrons. The first-order valence-corrected chi connectivity index (χ1v) is 10.5. The van der Waals surface area contributed by atoms with Crippen LogP contribution < -0.4 is 10.2 Å². The topological polar surface area (TPSA) is 102 Å². The van der Waals surface area contributed by atoms with Gasteiger partial charge >= 0.3 is 0 Å². The van der Waals surface area contributed by atoms with E-state index in [0.29, 0.717) is 16.3 Å². The first-order valence-electron chi connectivity index (χ1n) is 10.1. The lowest BCUT2D eigenvalue weighted by atomic mass is 10.1. The summed E-state index contributed by atoms with van der Waals surface area (Å²) in [5.74, 6) is -0.385. The zero-order valence-electron chi connectivity index (χ0n) is 18.8. The van der Waals surface area contributed by atoms with Crippen LogP contribution in [0.4, 0.5) is 0 Å². The zero-order valence-corrected chi connectivity index (χ0v) is 19.6. The van der Waals surface area contributed by atoms with Crippen LogP contribution in [0.25, 0.3) is 5.69 Å². The lowest BCUT2D eigenvalue weighted by Crippen LogP contribution is -2.25. The van der Waals surface area contributed by atoms with Gasteiger partial charge in [-0.15, -0.1) is 0 Å². The number of carbonyl (C=O) groups is 1. The van der Waals surface area contributed by atoms with E-state index in [0.717, 1.165) is 22.6 Å².